The van der Waals surface area contributed by atoms with Crippen molar-refractivity contribution in [2.75, 3.05) is 20.7 Å². The van der Waals surface area contributed by atoms with Gasteiger partial charge in [-0.15, -0.1) is 0 Å². The average molecular weight is 304 g/mol. The van der Waals surface area contributed by atoms with Gasteiger partial charge in [0.2, 0.25) is 0 Å². The summed E-state index contributed by atoms with van der Waals surface area (Å²) < 4.78 is 11.3. The van der Waals surface area contributed by atoms with Gasteiger partial charge in [0.05, 0.1) is 12.1 Å². The van der Waals surface area contributed by atoms with Crippen molar-refractivity contribution in [3.8, 4) is 11.5 Å². The predicted molar refractivity (Wildman–Crippen MR) is 78.8 cm³/mol. The van der Waals surface area contributed by atoms with E-state index in [2.05, 4.69) is 18.9 Å². The van der Waals surface area contributed by atoms with Gasteiger partial charge in [-0.3, -0.25) is 4.90 Å². The Hall–Kier alpha value is -0.640. The van der Waals surface area contributed by atoms with Crippen molar-refractivity contribution >= 4 is 23.2 Å². The second kappa shape index (κ2) is 6.21. The summed E-state index contributed by atoms with van der Waals surface area (Å²) in [5.74, 6) is 1.14. The molecule has 0 aliphatic carbocycles. The molecule has 1 heterocycles. The molecule has 2 rings (SSSR count). The van der Waals surface area contributed by atoms with Crippen molar-refractivity contribution < 1.29 is 9.47 Å². The standard InChI is InChI=1S/C14H19Cl2NO2/c1-9(12-5-4-6-17(12)2)19-13-8-10(15)7-11(16)14(13)18-3/h7-9,12H,4-6H2,1-3H3. The summed E-state index contributed by atoms with van der Waals surface area (Å²) in [6, 6.07) is 3.82. The van der Waals surface area contributed by atoms with E-state index in [1.807, 2.05) is 0 Å². The number of benzene rings is 1. The molecule has 2 atom stereocenters. The first kappa shape index (κ1) is 14.8. The fourth-order valence-electron chi connectivity index (χ4n) is 2.63. The smallest absolute Gasteiger partial charge is 0.179 e. The van der Waals surface area contributed by atoms with Crippen molar-refractivity contribution in [3.63, 3.8) is 0 Å². The van der Waals surface area contributed by atoms with Gasteiger partial charge in [0.25, 0.3) is 0 Å². The maximum absolute atomic E-state index is 6.11. The summed E-state index contributed by atoms with van der Waals surface area (Å²) in [6.07, 6.45) is 2.42. The first-order chi connectivity index (χ1) is 9.02. The normalized spacial score (nSPS) is 21.4. The Morgan fingerprint density at radius 1 is 1.37 bits per heavy atom. The highest BCUT2D eigenvalue weighted by Crippen LogP contribution is 2.39. The second-order valence-electron chi connectivity index (χ2n) is 4.93. The van der Waals surface area contributed by atoms with Crippen molar-refractivity contribution in [1.82, 2.24) is 4.90 Å². The van der Waals surface area contributed by atoms with E-state index >= 15 is 0 Å². The van der Waals surface area contributed by atoms with Crippen LogP contribution >= 0.6 is 23.2 Å². The molecule has 19 heavy (non-hydrogen) atoms. The van der Waals surface area contributed by atoms with Crippen LogP contribution in [0, 0.1) is 0 Å². The minimum absolute atomic E-state index is 0.0657. The summed E-state index contributed by atoms with van der Waals surface area (Å²) >= 11 is 12.1. The number of ether oxygens (including phenoxy) is 2. The summed E-state index contributed by atoms with van der Waals surface area (Å²) in [4.78, 5) is 2.32. The lowest BCUT2D eigenvalue weighted by molar-refractivity contribution is 0.118. The molecule has 0 aromatic heterocycles. The van der Waals surface area contributed by atoms with E-state index in [0.29, 0.717) is 27.6 Å². The van der Waals surface area contributed by atoms with Crippen molar-refractivity contribution in [2.24, 2.45) is 0 Å². The quantitative estimate of drug-likeness (QED) is 0.843. The number of hydrogen-bond donors (Lipinski definition) is 0. The molecule has 1 aromatic carbocycles. The van der Waals surface area contributed by atoms with Gasteiger partial charge in [-0.25, -0.2) is 0 Å². The molecule has 0 spiro atoms. The minimum atomic E-state index is 0.0657. The number of likely N-dealkylation sites (tertiary alicyclic amines) is 1. The third-order valence-electron chi connectivity index (χ3n) is 3.61. The molecular weight excluding hydrogens is 285 g/mol. The lowest BCUT2D eigenvalue weighted by atomic mass is 10.1. The van der Waals surface area contributed by atoms with Gasteiger partial charge in [0.15, 0.2) is 11.5 Å². The van der Waals surface area contributed by atoms with Crippen LogP contribution in [0.5, 0.6) is 11.5 Å². The molecule has 1 aromatic rings. The summed E-state index contributed by atoms with van der Waals surface area (Å²) in [5, 5.41) is 1.02. The largest absolute Gasteiger partial charge is 0.491 e. The summed E-state index contributed by atoms with van der Waals surface area (Å²) in [7, 11) is 3.70. The minimum Gasteiger partial charge on any atom is -0.491 e. The van der Waals surface area contributed by atoms with Gasteiger partial charge in [-0.2, -0.15) is 0 Å². The zero-order chi connectivity index (χ0) is 14.0. The van der Waals surface area contributed by atoms with Crippen molar-refractivity contribution in [3.05, 3.63) is 22.2 Å². The number of rotatable bonds is 4. The van der Waals surface area contributed by atoms with Crippen LogP contribution in [0.2, 0.25) is 10.0 Å². The van der Waals surface area contributed by atoms with Crippen molar-refractivity contribution in [1.29, 1.82) is 0 Å². The van der Waals surface area contributed by atoms with Gasteiger partial charge in [0, 0.05) is 17.1 Å². The molecule has 5 heteroatoms. The number of nitrogens with zero attached hydrogens (tertiary/aromatic N) is 1. The van der Waals surface area contributed by atoms with E-state index in [4.69, 9.17) is 32.7 Å². The molecule has 0 radical (unpaired) electrons. The third kappa shape index (κ3) is 3.28. The Morgan fingerprint density at radius 2 is 2.11 bits per heavy atom. The summed E-state index contributed by atoms with van der Waals surface area (Å²) in [6.45, 7) is 3.19. The fraction of sp³-hybridized carbons (Fsp3) is 0.571. The Bertz CT molecular complexity index is 453. The van der Waals surface area contributed by atoms with E-state index < -0.39 is 0 Å². The highest BCUT2D eigenvalue weighted by atomic mass is 35.5. The Labute approximate surface area is 124 Å². The topological polar surface area (TPSA) is 21.7 Å². The highest BCUT2D eigenvalue weighted by Gasteiger charge is 2.28. The van der Waals surface area contributed by atoms with Crippen LogP contribution in [0.25, 0.3) is 0 Å². The molecule has 106 valence electrons. The number of halogens is 2. The first-order valence-corrected chi connectivity index (χ1v) is 7.18. The number of hydrogen-bond acceptors (Lipinski definition) is 3. The Balaban J connectivity index is 2.18. The number of methoxy groups -OCH3 is 1. The molecule has 1 saturated heterocycles. The predicted octanol–water partition coefficient (Wildman–Crippen LogP) is 3.86. The monoisotopic (exact) mass is 303 g/mol. The second-order valence-corrected chi connectivity index (χ2v) is 5.78. The fourth-order valence-corrected chi connectivity index (χ4v) is 3.18. The van der Waals surface area contributed by atoms with Crippen LogP contribution in [0.15, 0.2) is 12.1 Å². The lowest BCUT2D eigenvalue weighted by Gasteiger charge is -2.27. The molecule has 0 amide bonds. The van der Waals surface area contributed by atoms with Crippen molar-refractivity contribution in [2.45, 2.75) is 31.9 Å². The molecule has 1 aliphatic rings. The van der Waals surface area contributed by atoms with Crippen LogP contribution in [0.3, 0.4) is 0 Å². The SMILES string of the molecule is COc1c(Cl)cc(Cl)cc1OC(C)C1CCCN1C. The highest BCUT2D eigenvalue weighted by molar-refractivity contribution is 6.35. The first-order valence-electron chi connectivity index (χ1n) is 6.43. The third-order valence-corrected chi connectivity index (χ3v) is 4.11. The van der Waals surface area contributed by atoms with Gasteiger partial charge < -0.3 is 9.47 Å². The van der Waals surface area contributed by atoms with Gasteiger partial charge in [0.1, 0.15) is 6.10 Å². The van der Waals surface area contributed by atoms with E-state index in [-0.39, 0.29) is 6.10 Å². The van der Waals surface area contributed by atoms with Gasteiger partial charge in [-0.05, 0) is 39.4 Å². The zero-order valence-corrected chi connectivity index (χ0v) is 13.0. The molecule has 2 unspecified atom stereocenters. The molecular formula is C14H19Cl2NO2. The molecule has 3 nitrogen and oxygen atoms in total. The maximum Gasteiger partial charge on any atom is 0.179 e. The average Bonchev–Trinajstić information content (AvgIpc) is 2.75. The lowest BCUT2D eigenvalue weighted by Crippen LogP contribution is -2.38. The maximum atomic E-state index is 6.11. The Morgan fingerprint density at radius 3 is 2.68 bits per heavy atom. The van der Waals surface area contributed by atoms with Gasteiger partial charge >= 0.3 is 0 Å². The van der Waals surface area contributed by atoms with E-state index in [9.17, 15) is 0 Å². The van der Waals surface area contributed by atoms with E-state index in [1.165, 1.54) is 6.42 Å². The summed E-state index contributed by atoms with van der Waals surface area (Å²) in [5.41, 5.74) is 0. The van der Waals surface area contributed by atoms with Crippen LogP contribution in [-0.2, 0) is 0 Å². The number of likely N-dealkylation sites (N-methyl/N-ethyl adjacent to an activating group) is 1. The van der Waals surface area contributed by atoms with Crippen LogP contribution in [0.1, 0.15) is 19.8 Å². The molecule has 1 fully saturated rings. The Kier molecular flexibility index (Phi) is 4.82. The van der Waals surface area contributed by atoms with E-state index in [1.54, 1.807) is 19.2 Å². The van der Waals surface area contributed by atoms with Gasteiger partial charge in [-0.1, -0.05) is 23.2 Å². The molecule has 1 aliphatic heterocycles. The molecule has 0 saturated carbocycles. The zero-order valence-electron chi connectivity index (χ0n) is 11.5. The van der Waals surface area contributed by atoms with Crippen LogP contribution in [0.4, 0.5) is 0 Å². The van der Waals surface area contributed by atoms with E-state index in [0.717, 1.165) is 13.0 Å². The van der Waals surface area contributed by atoms with Crippen LogP contribution in [-0.4, -0.2) is 37.7 Å². The molecule has 0 N–H and O–H groups in total. The van der Waals surface area contributed by atoms with Crippen LogP contribution < -0.4 is 9.47 Å². The molecule has 0 bridgehead atoms.